The van der Waals surface area contributed by atoms with Crippen LogP contribution < -0.4 is 20.7 Å². The molecule has 44 heavy (non-hydrogen) atoms. The standard InChI is InChI=1S/C33H51N5O6/c1-4-42-16-17-43-25-18-24-19-38(33(41)30(23-10-6-5-7-11-23)36-31(39)22(2)34-3)28(21-37(24)20-25)32(40)35-27-14-15-44-29-13-9-8-12-26(27)29/h8-9,12-13,22-25,27-28,30,34H,4-7,10-11,14-21H2,1-3H3,(H,35,40)(H,36,39)/t22-,24+,25?,27+,28?,30-/m0/s1. The fraction of sp³-hybridized carbons (Fsp3) is 0.727. The Kier molecular flexibility index (Phi) is 11.5. The molecule has 1 saturated carbocycles. The van der Waals surface area contributed by atoms with Crippen LogP contribution in [-0.2, 0) is 23.9 Å². The lowest BCUT2D eigenvalue weighted by atomic mass is 9.82. The number of benzene rings is 1. The number of nitrogens with one attached hydrogen (secondary N) is 3. The van der Waals surface area contributed by atoms with Gasteiger partial charge in [0.05, 0.1) is 38.0 Å². The molecule has 3 amide bonds. The highest BCUT2D eigenvalue weighted by molar-refractivity contribution is 5.93. The highest BCUT2D eigenvalue weighted by Gasteiger charge is 2.47. The molecule has 0 bridgehead atoms. The zero-order chi connectivity index (χ0) is 31.1. The van der Waals surface area contributed by atoms with Crippen molar-refractivity contribution in [2.75, 3.05) is 53.1 Å². The van der Waals surface area contributed by atoms with Crippen LogP contribution in [0.15, 0.2) is 24.3 Å². The Morgan fingerprint density at radius 1 is 1.05 bits per heavy atom. The number of rotatable bonds is 12. The molecule has 2 saturated heterocycles. The summed E-state index contributed by atoms with van der Waals surface area (Å²) in [6.45, 7) is 7.57. The molecule has 1 aromatic rings. The summed E-state index contributed by atoms with van der Waals surface area (Å²) >= 11 is 0. The minimum absolute atomic E-state index is 0.0203. The van der Waals surface area contributed by atoms with Crippen LogP contribution >= 0.6 is 0 Å². The number of piperazine rings is 1. The summed E-state index contributed by atoms with van der Waals surface area (Å²) in [6, 6.07) is 5.92. The number of para-hydroxylation sites is 1. The van der Waals surface area contributed by atoms with E-state index in [2.05, 4.69) is 20.9 Å². The molecule has 11 nitrogen and oxygen atoms in total. The normalized spacial score (nSPS) is 27.0. The Labute approximate surface area is 261 Å². The minimum Gasteiger partial charge on any atom is -0.493 e. The lowest BCUT2D eigenvalue weighted by Gasteiger charge is -2.45. The van der Waals surface area contributed by atoms with E-state index < -0.39 is 18.1 Å². The third kappa shape index (κ3) is 7.73. The molecule has 1 aromatic carbocycles. The monoisotopic (exact) mass is 613 g/mol. The Balaban J connectivity index is 1.37. The molecule has 1 aliphatic carbocycles. The van der Waals surface area contributed by atoms with Crippen molar-refractivity contribution in [2.45, 2.75) is 95.1 Å². The van der Waals surface area contributed by atoms with Gasteiger partial charge in [-0.1, -0.05) is 37.5 Å². The van der Waals surface area contributed by atoms with Crippen molar-refractivity contribution in [3.05, 3.63) is 29.8 Å². The van der Waals surface area contributed by atoms with Crippen LogP contribution in [0, 0.1) is 5.92 Å². The van der Waals surface area contributed by atoms with E-state index in [1.54, 1.807) is 18.9 Å². The van der Waals surface area contributed by atoms with Gasteiger partial charge >= 0.3 is 0 Å². The third-order valence-corrected chi connectivity index (χ3v) is 9.84. The smallest absolute Gasteiger partial charge is 0.246 e. The summed E-state index contributed by atoms with van der Waals surface area (Å²) in [5, 5.41) is 9.37. The van der Waals surface area contributed by atoms with E-state index in [4.69, 9.17) is 14.2 Å². The molecule has 0 spiro atoms. The molecule has 5 rings (SSSR count). The Hall–Kier alpha value is -2.73. The first-order valence-electron chi connectivity index (χ1n) is 16.6. The van der Waals surface area contributed by atoms with Crippen LogP contribution in [-0.4, -0.2) is 111 Å². The number of likely N-dealkylation sites (N-methyl/N-ethyl adjacent to an activating group) is 1. The second-order valence-electron chi connectivity index (χ2n) is 12.7. The van der Waals surface area contributed by atoms with Crippen molar-refractivity contribution >= 4 is 17.7 Å². The zero-order valence-corrected chi connectivity index (χ0v) is 26.6. The lowest BCUT2D eigenvalue weighted by Crippen LogP contribution is -2.66. The molecule has 4 aliphatic rings. The van der Waals surface area contributed by atoms with Crippen molar-refractivity contribution in [1.82, 2.24) is 25.8 Å². The average Bonchev–Trinajstić information content (AvgIpc) is 3.46. The van der Waals surface area contributed by atoms with Gasteiger partial charge in [0, 0.05) is 44.3 Å². The van der Waals surface area contributed by atoms with Crippen molar-refractivity contribution in [3.63, 3.8) is 0 Å². The quantitative estimate of drug-likeness (QED) is 0.306. The first-order chi connectivity index (χ1) is 21.4. The van der Waals surface area contributed by atoms with Crippen LogP contribution in [0.25, 0.3) is 0 Å². The van der Waals surface area contributed by atoms with Gasteiger partial charge < -0.3 is 35.1 Å². The van der Waals surface area contributed by atoms with Crippen molar-refractivity contribution < 1.29 is 28.6 Å². The maximum Gasteiger partial charge on any atom is 0.246 e. The lowest BCUT2D eigenvalue weighted by molar-refractivity contribution is -0.149. The number of fused-ring (bicyclic) bond motifs is 2. The van der Waals surface area contributed by atoms with E-state index in [-0.39, 0.29) is 41.8 Å². The summed E-state index contributed by atoms with van der Waals surface area (Å²) in [4.78, 5) is 45.9. The predicted molar refractivity (Wildman–Crippen MR) is 166 cm³/mol. The van der Waals surface area contributed by atoms with Crippen molar-refractivity contribution in [3.8, 4) is 5.75 Å². The third-order valence-electron chi connectivity index (χ3n) is 9.84. The van der Waals surface area contributed by atoms with Gasteiger partial charge in [0.1, 0.15) is 17.8 Å². The Bertz CT molecular complexity index is 1130. The molecule has 0 radical (unpaired) electrons. The van der Waals surface area contributed by atoms with Crippen LogP contribution in [0.2, 0.25) is 0 Å². The van der Waals surface area contributed by atoms with E-state index in [1.807, 2.05) is 31.2 Å². The van der Waals surface area contributed by atoms with Gasteiger partial charge in [0.2, 0.25) is 17.7 Å². The molecule has 3 fully saturated rings. The molecule has 6 atom stereocenters. The summed E-state index contributed by atoms with van der Waals surface area (Å²) in [5.74, 6) is 0.314. The van der Waals surface area contributed by atoms with Gasteiger partial charge in [-0.15, -0.1) is 0 Å². The highest BCUT2D eigenvalue weighted by atomic mass is 16.5. The number of hydrogen-bond acceptors (Lipinski definition) is 8. The molecular weight excluding hydrogens is 562 g/mol. The van der Waals surface area contributed by atoms with Gasteiger partial charge in [0.15, 0.2) is 0 Å². The van der Waals surface area contributed by atoms with E-state index >= 15 is 0 Å². The molecule has 3 aliphatic heterocycles. The number of carbonyl (C=O) groups is 3. The SMILES string of the molecule is CCOCCOC1C[C@@H]2CN(C(=O)[C@@H](NC(=O)[C@H](C)NC)C3CCCCC3)C(C(=O)N[C@@H]3CCOc4ccccc43)CN2C1. The minimum atomic E-state index is -0.680. The summed E-state index contributed by atoms with van der Waals surface area (Å²) in [5.41, 5.74) is 0.955. The van der Waals surface area contributed by atoms with Gasteiger partial charge in [-0.2, -0.15) is 0 Å². The summed E-state index contributed by atoms with van der Waals surface area (Å²) < 4.78 is 17.4. The first-order valence-corrected chi connectivity index (χ1v) is 16.6. The Morgan fingerprint density at radius 3 is 2.61 bits per heavy atom. The van der Waals surface area contributed by atoms with E-state index in [0.29, 0.717) is 52.5 Å². The fourth-order valence-corrected chi connectivity index (χ4v) is 7.23. The summed E-state index contributed by atoms with van der Waals surface area (Å²) in [6.07, 6.45) is 6.46. The summed E-state index contributed by atoms with van der Waals surface area (Å²) in [7, 11) is 1.74. The van der Waals surface area contributed by atoms with E-state index in [1.165, 1.54) is 0 Å². The zero-order valence-electron chi connectivity index (χ0n) is 26.6. The molecule has 0 aromatic heterocycles. The van der Waals surface area contributed by atoms with Crippen molar-refractivity contribution in [2.24, 2.45) is 5.92 Å². The number of nitrogens with zero attached hydrogens (tertiary/aromatic N) is 2. The second kappa shape index (κ2) is 15.5. The highest BCUT2D eigenvalue weighted by Crippen LogP contribution is 2.34. The molecule has 3 heterocycles. The van der Waals surface area contributed by atoms with Crippen molar-refractivity contribution in [1.29, 1.82) is 0 Å². The van der Waals surface area contributed by atoms with E-state index in [0.717, 1.165) is 49.8 Å². The Morgan fingerprint density at radius 2 is 1.84 bits per heavy atom. The first kappa shape index (κ1) is 32.7. The number of carbonyl (C=O) groups excluding carboxylic acids is 3. The average molecular weight is 614 g/mol. The van der Waals surface area contributed by atoms with Crippen LogP contribution in [0.1, 0.15) is 70.4 Å². The van der Waals surface area contributed by atoms with E-state index in [9.17, 15) is 14.4 Å². The van der Waals surface area contributed by atoms with Crippen LogP contribution in [0.4, 0.5) is 0 Å². The van der Waals surface area contributed by atoms with Gasteiger partial charge in [0.25, 0.3) is 0 Å². The molecule has 3 N–H and O–H groups in total. The van der Waals surface area contributed by atoms with Crippen LogP contribution in [0.5, 0.6) is 5.75 Å². The predicted octanol–water partition coefficient (Wildman–Crippen LogP) is 2.01. The van der Waals surface area contributed by atoms with Gasteiger partial charge in [-0.25, -0.2) is 0 Å². The number of ether oxygens (including phenoxy) is 3. The maximum atomic E-state index is 14.6. The number of hydrogen-bond donors (Lipinski definition) is 3. The van der Waals surface area contributed by atoms with Gasteiger partial charge in [-0.05, 0) is 52.1 Å². The largest absolute Gasteiger partial charge is 0.493 e. The molecule has 244 valence electrons. The molecular formula is C33H51N5O6. The van der Waals surface area contributed by atoms with Crippen LogP contribution in [0.3, 0.4) is 0 Å². The van der Waals surface area contributed by atoms with Gasteiger partial charge in [-0.3, -0.25) is 19.3 Å². The topological polar surface area (TPSA) is 121 Å². The number of amides is 3. The molecule has 2 unspecified atom stereocenters. The molecule has 11 heteroatoms. The second-order valence-corrected chi connectivity index (χ2v) is 12.7. The fourth-order valence-electron chi connectivity index (χ4n) is 7.23. The maximum absolute atomic E-state index is 14.6.